The van der Waals surface area contributed by atoms with Gasteiger partial charge in [-0.2, -0.15) is 18.3 Å². The van der Waals surface area contributed by atoms with Crippen LogP contribution in [0.1, 0.15) is 11.1 Å². The third-order valence-electron chi connectivity index (χ3n) is 4.00. The Morgan fingerprint density at radius 2 is 1.64 bits per heavy atom. The van der Waals surface area contributed by atoms with Crippen molar-refractivity contribution in [2.75, 3.05) is 5.32 Å². The summed E-state index contributed by atoms with van der Waals surface area (Å²) in [6.45, 7) is 1.59. The monoisotopic (exact) mass is 387 g/mol. The van der Waals surface area contributed by atoms with E-state index in [0.29, 0.717) is 5.69 Å². The van der Waals surface area contributed by atoms with E-state index in [9.17, 15) is 22.8 Å². The van der Waals surface area contributed by atoms with Crippen LogP contribution in [0.15, 0.2) is 65.5 Å². The van der Waals surface area contributed by atoms with Gasteiger partial charge in [-0.05, 0) is 37.3 Å². The standard InChI is InChI=1S/C20H16F3N3O2/c1-13-2-4-14(5-3-13)17-10-11-19(28)26(25-17)12-18(27)24-16-8-6-15(7-9-16)20(21,22)23/h2-11H,12H2,1H3,(H,24,27). The zero-order chi connectivity index (χ0) is 20.3. The first-order valence-electron chi connectivity index (χ1n) is 8.35. The average Bonchev–Trinajstić information content (AvgIpc) is 2.64. The van der Waals surface area contributed by atoms with Crippen molar-refractivity contribution < 1.29 is 18.0 Å². The molecule has 0 saturated heterocycles. The van der Waals surface area contributed by atoms with E-state index in [2.05, 4.69) is 10.4 Å². The van der Waals surface area contributed by atoms with Crippen molar-refractivity contribution in [1.82, 2.24) is 9.78 Å². The summed E-state index contributed by atoms with van der Waals surface area (Å²) in [4.78, 5) is 24.2. The number of aromatic nitrogens is 2. The molecule has 0 fully saturated rings. The van der Waals surface area contributed by atoms with Crippen molar-refractivity contribution in [1.29, 1.82) is 0 Å². The van der Waals surface area contributed by atoms with Crippen LogP contribution in [0, 0.1) is 6.92 Å². The fourth-order valence-electron chi connectivity index (χ4n) is 2.52. The van der Waals surface area contributed by atoms with Crippen LogP contribution in [0.4, 0.5) is 18.9 Å². The lowest BCUT2D eigenvalue weighted by Crippen LogP contribution is -2.29. The maximum Gasteiger partial charge on any atom is 0.416 e. The van der Waals surface area contributed by atoms with Gasteiger partial charge in [-0.15, -0.1) is 0 Å². The molecule has 0 spiro atoms. The molecule has 2 aromatic carbocycles. The van der Waals surface area contributed by atoms with Crippen LogP contribution in [0.3, 0.4) is 0 Å². The Balaban J connectivity index is 1.74. The van der Waals surface area contributed by atoms with Crippen molar-refractivity contribution in [2.24, 2.45) is 0 Å². The minimum absolute atomic E-state index is 0.195. The molecule has 0 aliphatic heterocycles. The lowest BCUT2D eigenvalue weighted by molar-refractivity contribution is -0.137. The minimum atomic E-state index is -4.45. The topological polar surface area (TPSA) is 64.0 Å². The molecule has 0 aliphatic carbocycles. The van der Waals surface area contributed by atoms with Gasteiger partial charge in [0.15, 0.2) is 0 Å². The van der Waals surface area contributed by atoms with Crippen molar-refractivity contribution in [3.8, 4) is 11.3 Å². The summed E-state index contributed by atoms with van der Waals surface area (Å²) >= 11 is 0. The molecule has 0 radical (unpaired) electrons. The third-order valence-corrected chi connectivity index (χ3v) is 4.00. The molecule has 1 aromatic heterocycles. The SMILES string of the molecule is Cc1ccc(-c2ccc(=O)n(CC(=O)Nc3ccc(C(F)(F)F)cc3)n2)cc1. The van der Waals surface area contributed by atoms with Gasteiger partial charge < -0.3 is 5.32 Å². The number of carbonyl (C=O) groups is 1. The van der Waals surface area contributed by atoms with Crippen LogP contribution in [-0.2, 0) is 17.5 Å². The molecule has 8 heteroatoms. The van der Waals surface area contributed by atoms with Gasteiger partial charge in [-0.3, -0.25) is 9.59 Å². The van der Waals surface area contributed by atoms with Gasteiger partial charge in [0.2, 0.25) is 5.91 Å². The second-order valence-electron chi connectivity index (χ2n) is 6.20. The van der Waals surface area contributed by atoms with Crippen molar-refractivity contribution in [3.63, 3.8) is 0 Å². The molecule has 3 aromatic rings. The highest BCUT2D eigenvalue weighted by Gasteiger charge is 2.29. The summed E-state index contributed by atoms with van der Waals surface area (Å²) in [6, 6.07) is 14.5. The Kier molecular flexibility index (Phi) is 5.30. The van der Waals surface area contributed by atoms with Crippen molar-refractivity contribution in [3.05, 3.63) is 82.1 Å². The van der Waals surface area contributed by atoms with Crippen LogP contribution in [0.5, 0.6) is 0 Å². The third kappa shape index (κ3) is 4.64. The van der Waals surface area contributed by atoms with Gasteiger partial charge in [0.05, 0.1) is 11.3 Å². The maximum absolute atomic E-state index is 12.6. The van der Waals surface area contributed by atoms with E-state index < -0.39 is 23.2 Å². The van der Waals surface area contributed by atoms with Gasteiger partial charge in [0, 0.05) is 17.3 Å². The number of rotatable bonds is 4. The summed E-state index contributed by atoms with van der Waals surface area (Å²) in [5.74, 6) is -0.574. The van der Waals surface area contributed by atoms with Gasteiger partial charge in [-0.1, -0.05) is 29.8 Å². The van der Waals surface area contributed by atoms with Crippen molar-refractivity contribution >= 4 is 11.6 Å². The van der Waals surface area contributed by atoms with E-state index in [1.165, 1.54) is 6.07 Å². The minimum Gasteiger partial charge on any atom is -0.324 e. The molecule has 0 atom stereocenters. The van der Waals surface area contributed by atoms with Gasteiger partial charge in [-0.25, -0.2) is 4.68 Å². The summed E-state index contributed by atoms with van der Waals surface area (Å²) in [5, 5.41) is 6.65. The highest BCUT2D eigenvalue weighted by Crippen LogP contribution is 2.29. The van der Waals surface area contributed by atoms with Crippen LogP contribution >= 0.6 is 0 Å². The van der Waals surface area contributed by atoms with Gasteiger partial charge >= 0.3 is 6.18 Å². The molecule has 1 N–H and O–H groups in total. The molecule has 1 heterocycles. The number of nitrogens with zero attached hydrogens (tertiary/aromatic N) is 2. The Labute approximate surface area is 158 Å². The molecule has 0 bridgehead atoms. The molecule has 0 unspecified atom stereocenters. The first-order valence-corrected chi connectivity index (χ1v) is 8.35. The van der Waals surface area contributed by atoms with E-state index in [1.807, 2.05) is 31.2 Å². The number of hydrogen-bond donors (Lipinski definition) is 1. The highest BCUT2D eigenvalue weighted by atomic mass is 19.4. The molecule has 28 heavy (non-hydrogen) atoms. The zero-order valence-electron chi connectivity index (χ0n) is 14.8. The maximum atomic E-state index is 12.6. The van der Waals surface area contributed by atoms with E-state index in [1.54, 1.807) is 6.07 Å². The number of halogens is 3. The second kappa shape index (κ2) is 7.67. The smallest absolute Gasteiger partial charge is 0.324 e. The number of alkyl halides is 3. The molecule has 3 rings (SSSR count). The number of carbonyl (C=O) groups excluding carboxylic acids is 1. The van der Waals surface area contributed by atoms with Gasteiger partial charge in [0.25, 0.3) is 5.56 Å². The summed E-state index contributed by atoms with van der Waals surface area (Å²) in [5.41, 5.74) is 1.32. The van der Waals surface area contributed by atoms with Gasteiger partial charge in [0.1, 0.15) is 6.54 Å². The number of amides is 1. The molecular weight excluding hydrogens is 371 g/mol. The van der Waals surface area contributed by atoms with E-state index in [4.69, 9.17) is 0 Å². The quantitative estimate of drug-likeness (QED) is 0.739. The number of benzene rings is 2. The Bertz CT molecular complexity index is 1040. The molecule has 144 valence electrons. The molecule has 0 saturated carbocycles. The number of nitrogens with one attached hydrogen (secondary N) is 1. The number of aryl methyl sites for hydroxylation is 1. The Hall–Kier alpha value is -3.42. The van der Waals surface area contributed by atoms with Crippen LogP contribution < -0.4 is 10.9 Å². The fourth-order valence-corrected chi connectivity index (χ4v) is 2.52. The predicted octanol–water partition coefficient (Wildman–Crippen LogP) is 3.88. The molecular formula is C20H16F3N3O2. The largest absolute Gasteiger partial charge is 0.416 e. The summed E-state index contributed by atoms with van der Waals surface area (Å²) < 4.78 is 38.7. The van der Waals surface area contributed by atoms with E-state index in [0.717, 1.165) is 40.1 Å². The van der Waals surface area contributed by atoms with E-state index in [-0.39, 0.29) is 12.2 Å². The van der Waals surface area contributed by atoms with Crippen LogP contribution in [-0.4, -0.2) is 15.7 Å². The fraction of sp³-hybridized carbons (Fsp3) is 0.150. The number of hydrogen-bond acceptors (Lipinski definition) is 3. The average molecular weight is 387 g/mol. The molecule has 0 aliphatic rings. The number of anilines is 1. The van der Waals surface area contributed by atoms with Crippen molar-refractivity contribution in [2.45, 2.75) is 19.6 Å². The van der Waals surface area contributed by atoms with Crippen LogP contribution in [0.25, 0.3) is 11.3 Å². The summed E-state index contributed by atoms with van der Waals surface area (Å²) in [7, 11) is 0. The highest BCUT2D eigenvalue weighted by molar-refractivity contribution is 5.90. The van der Waals surface area contributed by atoms with Crippen LogP contribution in [0.2, 0.25) is 0 Å². The second-order valence-corrected chi connectivity index (χ2v) is 6.20. The normalized spacial score (nSPS) is 11.3. The Morgan fingerprint density at radius 3 is 2.25 bits per heavy atom. The zero-order valence-corrected chi connectivity index (χ0v) is 14.8. The lowest BCUT2D eigenvalue weighted by Gasteiger charge is -2.10. The molecule has 1 amide bonds. The summed E-state index contributed by atoms with van der Waals surface area (Å²) in [6.07, 6.45) is -4.45. The predicted molar refractivity (Wildman–Crippen MR) is 98.7 cm³/mol. The van der Waals surface area contributed by atoms with E-state index >= 15 is 0 Å². The Morgan fingerprint density at radius 1 is 1.00 bits per heavy atom. The first kappa shape index (κ1) is 19.3. The first-order chi connectivity index (χ1) is 13.2. The molecule has 5 nitrogen and oxygen atoms in total. The lowest BCUT2D eigenvalue weighted by atomic mass is 10.1.